The third kappa shape index (κ3) is 5.23. The van der Waals surface area contributed by atoms with Crippen LogP contribution in [-0.4, -0.2) is 45.4 Å². The second-order valence-electron chi connectivity index (χ2n) is 5.69. The number of methoxy groups -OCH3 is 3. The molecule has 0 aromatic heterocycles. The van der Waals surface area contributed by atoms with Gasteiger partial charge in [-0.25, -0.2) is 5.43 Å². The van der Waals surface area contributed by atoms with Gasteiger partial charge in [-0.15, -0.1) is 0 Å². The number of hydrogen-bond donors (Lipinski definition) is 2. The highest BCUT2D eigenvalue weighted by Gasteiger charge is 2.17. The van der Waals surface area contributed by atoms with Gasteiger partial charge in [0.1, 0.15) is 0 Å². The van der Waals surface area contributed by atoms with Gasteiger partial charge in [-0.2, -0.15) is 5.10 Å². The SMILES string of the molecule is COc1cc(C(=O)NCC(=O)N/N=C(/C)c2ccccc2)cc(OC)c1OC. The molecule has 2 rings (SSSR count). The third-order valence-electron chi connectivity index (χ3n) is 3.88. The van der Waals surface area contributed by atoms with Crippen LogP contribution in [0.15, 0.2) is 47.6 Å². The molecule has 8 nitrogen and oxygen atoms in total. The molecule has 2 amide bonds. The van der Waals surface area contributed by atoms with Gasteiger partial charge in [0, 0.05) is 5.56 Å². The van der Waals surface area contributed by atoms with E-state index in [1.807, 2.05) is 30.3 Å². The fourth-order valence-electron chi connectivity index (χ4n) is 2.40. The minimum Gasteiger partial charge on any atom is -0.493 e. The van der Waals surface area contributed by atoms with E-state index in [2.05, 4.69) is 15.8 Å². The Labute approximate surface area is 163 Å². The number of benzene rings is 2. The maximum absolute atomic E-state index is 12.4. The summed E-state index contributed by atoms with van der Waals surface area (Å²) in [5.41, 5.74) is 4.24. The Morgan fingerprint density at radius 2 is 1.54 bits per heavy atom. The van der Waals surface area contributed by atoms with E-state index in [4.69, 9.17) is 14.2 Å². The van der Waals surface area contributed by atoms with Crippen molar-refractivity contribution in [2.75, 3.05) is 27.9 Å². The average Bonchev–Trinajstić information content (AvgIpc) is 2.74. The molecule has 0 aliphatic carbocycles. The Morgan fingerprint density at radius 1 is 0.929 bits per heavy atom. The molecule has 0 spiro atoms. The van der Waals surface area contributed by atoms with Crippen LogP contribution in [0.1, 0.15) is 22.8 Å². The first-order valence-corrected chi connectivity index (χ1v) is 8.47. The zero-order valence-electron chi connectivity index (χ0n) is 16.2. The molecule has 28 heavy (non-hydrogen) atoms. The van der Waals surface area contributed by atoms with Crippen LogP contribution in [-0.2, 0) is 4.79 Å². The second-order valence-corrected chi connectivity index (χ2v) is 5.69. The molecule has 0 unspecified atom stereocenters. The fourth-order valence-corrected chi connectivity index (χ4v) is 2.40. The van der Waals surface area contributed by atoms with Gasteiger partial charge >= 0.3 is 0 Å². The average molecular weight is 385 g/mol. The zero-order chi connectivity index (χ0) is 20.5. The number of carbonyl (C=O) groups excluding carboxylic acids is 2. The lowest BCUT2D eigenvalue weighted by Crippen LogP contribution is -2.35. The molecule has 148 valence electrons. The van der Waals surface area contributed by atoms with Gasteiger partial charge in [-0.05, 0) is 24.6 Å². The number of amides is 2. The van der Waals surface area contributed by atoms with E-state index in [0.717, 1.165) is 5.56 Å². The first-order valence-electron chi connectivity index (χ1n) is 8.47. The molecule has 2 aromatic carbocycles. The minimum atomic E-state index is -0.460. The number of hydrazone groups is 1. The molecule has 0 heterocycles. The number of nitrogens with zero attached hydrogens (tertiary/aromatic N) is 1. The predicted molar refractivity (Wildman–Crippen MR) is 105 cm³/mol. The van der Waals surface area contributed by atoms with Gasteiger partial charge in [-0.1, -0.05) is 30.3 Å². The molecule has 0 saturated carbocycles. The molecule has 0 fully saturated rings. The fraction of sp³-hybridized carbons (Fsp3) is 0.250. The summed E-state index contributed by atoms with van der Waals surface area (Å²) in [6, 6.07) is 12.4. The topological polar surface area (TPSA) is 98.2 Å². The largest absolute Gasteiger partial charge is 0.493 e. The first-order chi connectivity index (χ1) is 13.5. The number of nitrogens with one attached hydrogen (secondary N) is 2. The smallest absolute Gasteiger partial charge is 0.259 e. The standard InChI is InChI=1S/C20H23N3O5/c1-13(14-8-6-5-7-9-14)22-23-18(24)12-21-20(25)15-10-16(26-2)19(28-4)17(11-15)27-3/h5-11H,12H2,1-4H3,(H,21,25)(H,23,24)/b22-13-. The number of hydrogen-bond acceptors (Lipinski definition) is 6. The van der Waals surface area contributed by atoms with Crippen LogP contribution in [0.2, 0.25) is 0 Å². The van der Waals surface area contributed by atoms with Gasteiger partial charge in [0.05, 0.1) is 33.6 Å². The van der Waals surface area contributed by atoms with Crippen LogP contribution in [0.3, 0.4) is 0 Å². The minimum absolute atomic E-state index is 0.235. The Kier molecular flexibility index (Phi) is 7.38. The van der Waals surface area contributed by atoms with Crippen molar-refractivity contribution >= 4 is 17.5 Å². The molecule has 0 bridgehead atoms. The molecular weight excluding hydrogens is 362 g/mol. The van der Waals surface area contributed by atoms with E-state index in [9.17, 15) is 9.59 Å². The normalized spacial score (nSPS) is 10.8. The van der Waals surface area contributed by atoms with Gasteiger partial charge in [0.25, 0.3) is 11.8 Å². The van der Waals surface area contributed by atoms with Crippen molar-refractivity contribution in [2.45, 2.75) is 6.92 Å². The lowest BCUT2D eigenvalue weighted by molar-refractivity contribution is -0.120. The number of carbonyl (C=O) groups is 2. The van der Waals surface area contributed by atoms with Crippen LogP contribution in [0, 0.1) is 0 Å². The summed E-state index contributed by atoms with van der Waals surface area (Å²) in [5, 5.41) is 6.56. The van der Waals surface area contributed by atoms with E-state index in [-0.39, 0.29) is 12.1 Å². The summed E-state index contributed by atoms with van der Waals surface area (Å²) in [6.07, 6.45) is 0. The monoisotopic (exact) mass is 385 g/mol. The first kappa shape index (κ1) is 20.8. The summed E-state index contributed by atoms with van der Waals surface area (Å²) < 4.78 is 15.7. The van der Waals surface area contributed by atoms with E-state index < -0.39 is 11.8 Å². The van der Waals surface area contributed by atoms with Crippen LogP contribution >= 0.6 is 0 Å². The van der Waals surface area contributed by atoms with Crippen molar-refractivity contribution in [1.82, 2.24) is 10.7 Å². The van der Waals surface area contributed by atoms with Gasteiger partial charge < -0.3 is 19.5 Å². The van der Waals surface area contributed by atoms with Crippen molar-refractivity contribution in [3.63, 3.8) is 0 Å². The molecule has 0 aliphatic heterocycles. The maximum Gasteiger partial charge on any atom is 0.259 e. The van der Waals surface area contributed by atoms with Gasteiger partial charge in [-0.3, -0.25) is 9.59 Å². The van der Waals surface area contributed by atoms with Crippen molar-refractivity contribution in [1.29, 1.82) is 0 Å². The summed E-state index contributed by atoms with van der Waals surface area (Å²) in [4.78, 5) is 24.3. The maximum atomic E-state index is 12.4. The highest BCUT2D eigenvalue weighted by atomic mass is 16.5. The van der Waals surface area contributed by atoms with Crippen LogP contribution in [0.25, 0.3) is 0 Å². The van der Waals surface area contributed by atoms with E-state index in [1.54, 1.807) is 6.92 Å². The van der Waals surface area contributed by atoms with Crippen molar-refractivity contribution in [3.8, 4) is 17.2 Å². The van der Waals surface area contributed by atoms with Gasteiger partial charge in [0.2, 0.25) is 5.75 Å². The second kappa shape index (κ2) is 9.96. The van der Waals surface area contributed by atoms with E-state index >= 15 is 0 Å². The van der Waals surface area contributed by atoms with Gasteiger partial charge in [0.15, 0.2) is 11.5 Å². The van der Waals surface area contributed by atoms with Crippen molar-refractivity contribution in [2.24, 2.45) is 5.10 Å². The third-order valence-corrected chi connectivity index (χ3v) is 3.88. The molecular formula is C20H23N3O5. The van der Waals surface area contributed by atoms with Crippen LogP contribution in [0.5, 0.6) is 17.2 Å². The van der Waals surface area contributed by atoms with E-state index in [0.29, 0.717) is 23.0 Å². The Balaban J connectivity index is 1.99. The summed E-state index contributed by atoms with van der Waals surface area (Å²) in [5.74, 6) is 0.165. The highest BCUT2D eigenvalue weighted by Crippen LogP contribution is 2.38. The highest BCUT2D eigenvalue weighted by molar-refractivity contribution is 6.00. The predicted octanol–water partition coefficient (Wildman–Crippen LogP) is 1.98. The lowest BCUT2D eigenvalue weighted by atomic mass is 10.1. The zero-order valence-corrected chi connectivity index (χ0v) is 16.2. The molecule has 2 aromatic rings. The van der Waals surface area contributed by atoms with E-state index in [1.165, 1.54) is 33.5 Å². The molecule has 0 atom stereocenters. The summed E-state index contributed by atoms with van der Waals surface area (Å²) >= 11 is 0. The van der Waals surface area contributed by atoms with Crippen molar-refractivity contribution in [3.05, 3.63) is 53.6 Å². The van der Waals surface area contributed by atoms with Crippen LogP contribution in [0.4, 0.5) is 0 Å². The molecule has 0 saturated heterocycles. The van der Waals surface area contributed by atoms with Crippen molar-refractivity contribution < 1.29 is 23.8 Å². The lowest BCUT2D eigenvalue weighted by Gasteiger charge is -2.14. The molecule has 0 aliphatic rings. The Morgan fingerprint density at radius 3 is 2.07 bits per heavy atom. The number of ether oxygens (including phenoxy) is 3. The quantitative estimate of drug-likeness (QED) is 0.535. The Bertz CT molecular complexity index is 840. The van der Waals surface area contributed by atoms with Crippen LogP contribution < -0.4 is 25.0 Å². The summed E-state index contributed by atoms with van der Waals surface area (Å²) in [7, 11) is 4.39. The summed E-state index contributed by atoms with van der Waals surface area (Å²) in [6.45, 7) is 1.55. The number of rotatable bonds is 8. The Hall–Kier alpha value is -3.55. The molecule has 8 heteroatoms. The molecule has 2 N–H and O–H groups in total. The molecule has 0 radical (unpaired) electrons.